The van der Waals surface area contributed by atoms with Crippen molar-refractivity contribution in [2.75, 3.05) is 39.4 Å². The van der Waals surface area contributed by atoms with Crippen LogP contribution in [0.3, 0.4) is 0 Å². The van der Waals surface area contributed by atoms with Gasteiger partial charge in [0.25, 0.3) is 5.91 Å². The molecule has 5 heteroatoms. The highest BCUT2D eigenvalue weighted by Gasteiger charge is 2.13. The monoisotopic (exact) mass is 253 g/mol. The normalized spacial score (nSPS) is 16.7. The van der Waals surface area contributed by atoms with Crippen molar-refractivity contribution in [2.45, 2.75) is 13.3 Å². The second kappa shape index (κ2) is 6.56. The third-order valence-corrected chi connectivity index (χ3v) is 3.16. The maximum Gasteiger partial charge on any atom is 0.286 e. The first-order chi connectivity index (χ1) is 8.75. The molecule has 0 radical (unpaired) electrons. The molecule has 0 bridgehead atoms. The van der Waals surface area contributed by atoms with Crippen LogP contribution in [0.15, 0.2) is 16.5 Å². The smallest absolute Gasteiger partial charge is 0.286 e. The van der Waals surface area contributed by atoms with E-state index in [0.717, 1.165) is 45.0 Å². The molecule has 1 aromatic heterocycles. The minimum absolute atomic E-state index is 0.125. The summed E-state index contributed by atoms with van der Waals surface area (Å²) in [7, 11) is 0. The van der Waals surface area contributed by atoms with Gasteiger partial charge in [-0.15, -0.1) is 0 Å². The summed E-state index contributed by atoms with van der Waals surface area (Å²) in [5, 5.41) is 2.87. The van der Waals surface area contributed by atoms with Crippen molar-refractivity contribution in [2.24, 2.45) is 0 Å². The quantitative estimate of drug-likeness (QED) is 0.704. The van der Waals surface area contributed by atoms with Crippen molar-refractivity contribution in [3.63, 3.8) is 0 Å². The van der Waals surface area contributed by atoms with Crippen LogP contribution in [-0.4, -0.2) is 45.3 Å². The van der Waals surface area contributed by atoms with Gasteiger partial charge in [-0.3, -0.25) is 4.79 Å². The number of amides is 1. The lowest BCUT2D eigenvalue weighted by Gasteiger charge is -2.23. The molecule has 1 amide bonds. The van der Waals surface area contributed by atoms with E-state index in [1.165, 1.54) is 0 Å². The Balaban J connectivity index is 1.61. The molecule has 0 aliphatic carbocycles. The molecule has 0 unspecified atom stereocenters. The first-order valence-electron chi connectivity index (χ1n) is 6.51. The first-order valence-corrected chi connectivity index (χ1v) is 6.51. The van der Waals surface area contributed by atoms with Gasteiger partial charge in [0.1, 0.15) is 18.8 Å². The van der Waals surface area contributed by atoms with Crippen molar-refractivity contribution >= 4 is 5.91 Å². The Bertz CT molecular complexity index is 383. The Kier molecular flexibility index (Phi) is 4.78. The molecule has 5 nitrogen and oxygen atoms in total. The zero-order valence-electron chi connectivity index (χ0n) is 10.8. The number of hydrogen-bond donors (Lipinski definition) is 2. The van der Waals surface area contributed by atoms with Gasteiger partial charge >= 0.3 is 0 Å². The van der Waals surface area contributed by atoms with Crippen LogP contribution in [-0.2, 0) is 4.74 Å². The number of quaternary nitrogens is 1. The van der Waals surface area contributed by atoms with Crippen LogP contribution in [0, 0.1) is 6.92 Å². The van der Waals surface area contributed by atoms with Crippen LogP contribution in [0.2, 0.25) is 0 Å². The summed E-state index contributed by atoms with van der Waals surface area (Å²) in [5.74, 6) is 1.03. The van der Waals surface area contributed by atoms with Crippen molar-refractivity contribution in [3.8, 4) is 0 Å². The Labute approximate surface area is 107 Å². The lowest BCUT2D eigenvalue weighted by atomic mass is 10.3. The average molecular weight is 253 g/mol. The Hall–Kier alpha value is -1.33. The fourth-order valence-corrected chi connectivity index (χ4v) is 2.09. The SMILES string of the molecule is Cc1ccc(C(=O)NCCC[NH+]2CCOCC2)o1. The molecule has 1 aliphatic rings. The molecule has 1 aliphatic heterocycles. The number of carbonyl (C=O) groups is 1. The fraction of sp³-hybridized carbons (Fsp3) is 0.615. The summed E-state index contributed by atoms with van der Waals surface area (Å²) in [5.41, 5.74) is 0. The largest absolute Gasteiger partial charge is 0.456 e. The van der Waals surface area contributed by atoms with E-state index in [2.05, 4.69) is 5.32 Å². The van der Waals surface area contributed by atoms with Gasteiger partial charge in [-0.2, -0.15) is 0 Å². The highest BCUT2D eigenvalue weighted by atomic mass is 16.5. The van der Waals surface area contributed by atoms with Gasteiger partial charge in [-0.1, -0.05) is 0 Å². The number of ether oxygens (including phenoxy) is 1. The molecule has 2 rings (SSSR count). The molecular formula is C13H21N2O3+. The van der Waals surface area contributed by atoms with E-state index in [1.54, 1.807) is 17.0 Å². The fourth-order valence-electron chi connectivity index (χ4n) is 2.09. The van der Waals surface area contributed by atoms with Gasteiger partial charge in [0.15, 0.2) is 5.76 Å². The molecule has 1 saturated heterocycles. The maximum atomic E-state index is 11.7. The number of nitrogens with one attached hydrogen (secondary N) is 2. The van der Waals surface area contributed by atoms with E-state index in [9.17, 15) is 4.79 Å². The minimum Gasteiger partial charge on any atom is -0.456 e. The summed E-state index contributed by atoms with van der Waals surface area (Å²) in [4.78, 5) is 13.2. The lowest BCUT2D eigenvalue weighted by Crippen LogP contribution is -3.14. The summed E-state index contributed by atoms with van der Waals surface area (Å²) < 4.78 is 10.6. The molecular weight excluding hydrogens is 232 g/mol. The van der Waals surface area contributed by atoms with Crippen LogP contribution in [0.4, 0.5) is 0 Å². The van der Waals surface area contributed by atoms with Crippen molar-refractivity contribution in [1.29, 1.82) is 0 Å². The molecule has 0 saturated carbocycles. The molecule has 18 heavy (non-hydrogen) atoms. The van der Waals surface area contributed by atoms with Gasteiger partial charge < -0.3 is 19.4 Å². The zero-order valence-corrected chi connectivity index (χ0v) is 10.8. The van der Waals surface area contributed by atoms with Crippen LogP contribution < -0.4 is 10.2 Å². The van der Waals surface area contributed by atoms with Crippen molar-refractivity contribution in [3.05, 3.63) is 23.7 Å². The Morgan fingerprint density at radius 3 is 2.83 bits per heavy atom. The van der Waals surface area contributed by atoms with Crippen molar-refractivity contribution < 1.29 is 18.8 Å². The summed E-state index contributed by atoms with van der Waals surface area (Å²) in [6.45, 7) is 7.47. The molecule has 1 fully saturated rings. The molecule has 1 aromatic rings. The second-order valence-electron chi connectivity index (χ2n) is 4.63. The van der Waals surface area contributed by atoms with E-state index >= 15 is 0 Å². The standard InChI is InChI=1S/C13H20N2O3/c1-11-3-4-12(18-11)13(16)14-5-2-6-15-7-9-17-10-8-15/h3-4H,2,5-10H2,1H3,(H,14,16)/p+1. The number of rotatable bonds is 5. The van der Waals surface area contributed by atoms with Gasteiger partial charge in [0, 0.05) is 13.0 Å². The van der Waals surface area contributed by atoms with Gasteiger partial charge in [0.05, 0.1) is 19.8 Å². The van der Waals surface area contributed by atoms with Gasteiger partial charge in [-0.05, 0) is 19.1 Å². The molecule has 0 spiro atoms. The average Bonchev–Trinajstić information content (AvgIpc) is 2.82. The van der Waals surface area contributed by atoms with E-state index in [4.69, 9.17) is 9.15 Å². The predicted octanol–water partition coefficient (Wildman–Crippen LogP) is -0.377. The third kappa shape index (κ3) is 3.85. The molecule has 100 valence electrons. The number of carbonyl (C=O) groups excluding carboxylic acids is 1. The Morgan fingerprint density at radius 2 is 2.17 bits per heavy atom. The second-order valence-corrected chi connectivity index (χ2v) is 4.63. The number of morpholine rings is 1. The van der Waals surface area contributed by atoms with Crippen molar-refractivity contribution in [1.82, 2.24) is 5.32 Å². The van der Waals surface area contributed by atoms with Crippen LogP contribution in [0.1, 0.15) is 22.7 Å². The summed E-state index contributed by atoms with van der Waals surface area (Å²) in [6, 6.07) is 3.50. The van der Waals surface area contributed by atoms with Gasteiger partial charge in [0.2, 0.25) is 0 Å². The lowest BCUT2D eigenvalue weighted by molar-refractivity contribution is -0.908. The van der Waals surface area contributed by atoms with Gasteiger partial charge in [-0.25, -0.2) is 0 Å². The summed E-state index contributed by atoms with van der Waals surface area (Å²) >= 11 is 0. The third-order valence-electron chi connectivity index (χ3n) is 3.16. The topological polar surface area (TPSA) is 55.9 Å². The summed E-state index contributed by atoms with van der Waals surface area (Å²) in [6.07, 6.45) is 0.987. The molecule has 0 aromatic carbocycles. The predicted molar refractivity (Wildman–Crippen MR) is 66.8 cm³/mol. The number of aryl methyl sites for hydroxylation is 1. The minimum atomic E-state index is -0.125. The van der Waals surface area contributed by atoms with E-state index in [-0.39, 0.29) is 5.91 Å². The van der Waals surface area contributed by atoms with E-state index < -0.39 is 0 Å². The van der Waals surface area contributed by atoms with E-state index in [1.807, 2.05) is 6.92 Å². The molecule has 2 N–H and O–H groups in total. The van der Waals surface area contributed by atoms with E-state index in [0.29, 0.717) is 12.3 Å². The van der Waals surface area contributed by atoms with Crippen LogP contribution in [0.5, 0.6) is 0 Å². The molecule has 0 atom stereocenters. The first kappa shape index (κ1) is 13.1. The zero-order chi connectivity index (χ0) is 12.8. The van der Waals surface area contributed by atoms with Crippen LogP contribution >= 0.6 is 0 Å². The maximum absolute atomic E-state index is 11.7. The number of hydrogen-bond acceptors (Lipinski definition) is 3. The highest BCUT2D eigenvalue weighted by Crippen LogP contribution is 2.05. The number of furan rings is 1. The Morgan fingerprint density at radius 1 is 1.39 bits per heavy atom. The highest BCUT2D eigenvalue weighted by molar-refractivity contribution is 5.91. The molecule has 2 heterocycles. The van der Waals surface area contributed by atoms with Crippen LogP contribution in [0.25, 0.3) is 0 Å².